The van der Waals surface area contributed by atoms with Crippen LogP contribution < -0.4 is 11.1 Å². The standard InChI is InChI=1S/C4H7Cl.C4H11NO.C3H6O.CH5N.CH4/c5-3-4-1-2-4;1-4(6)3-5-2;1-3-2-4-3;1-2;/h4H,1-3H2;4-6H,3H2,1-2H3;3H,2H2,1H3;2H2,1H3;1H4. The molecule has 1 aliphatic carbocycles. The number of rotatable bonds is 3. The molecule has 0 spiro atoms. The summed E-state index contributed by atoms with van der Waals surface area (Å²) in [5.41, 5.74) is 4.50. The van der Waals surface area contributed by atoms with Crippen LogP contribution in [0.1, 0.15) is 34.1 Å². The Morgan fingerprint density at radius 3 is 1.83 bits per heavy atom. The number of nitrogens with one attached hydrogen (secondary N) is 1. The van der Waals surface area contributed by atoms with Crippen LogP contribution in [0.4, 0.5) is 0 Å². The van der Waals surface area contributed by atoms with Gasteiger partial charge in [-0.25, -0.2) is 0 Å². The van der Waals surface area contributed by atoms with Gasteiger partial charge in [0.25, 0.3) is 0 Å². The van der Waals surface area contributed by atoms with Crippen LogP contribution in [-0.4, -0.2) is 50.4 Å². The van der Waals surface area contributed by atoms with Gasteiger partial charge in [-0.15, -0.1) is 11.6 Å². The molecule has 0 amide bonds. The fourth-order valence-electron chi connectivity index (χ4n) is 0.664. The second-order valence-electron chi connectivity index (χ2n) is 4.15. The number of nitrogens with two attached hydrogens (primary N) is 1. The summed E-state index contributed by atoms with van der Waals surface area (Å²) in [7, 11) is 3.31. The summed E-state index contributed by atoms with van der Waals surface area (Å²) in [4.78, 5) is 0. The minimum absolute atomic E-state index is 0. The van der Waals surface area contributed by atoms with Crippen LogP contribution in [-0.2, 0) is 4.74 Å². The number of halogens is 1. The van der Waals surface area contributed by atoms with E-state index in [0.717, 1.165) is 18.4 Å². The highest BCUT2D eigenvalue weighted by atomic mass is 35.5. The van der Waals surface area contributed by atoms with Crippen LogP contribution in [0.15, 0.2) is 0 Å². The number of ether oxygens (including phenoxy) is 1. The summed E-state index contributed by atoms with van der Waals surface area (Å²) in [6.07, 6.45) is 3.13. The van der Waals surface area contributed by atoms with E-state index < -0.39 is 0 Å². The first kappa shape index (κ1) is 23.2. The molecule has 5 heteroatoms. The number of alkyl halides is 1. The quantitative estimate of drug-likeness (QED) is 0.546. The average molecular weight is 285 g/mol. The van der Waals surface area contributed by atoms with E-state index in [4.69, 9.17) is 21.4 Å². The Balaban J connectivity index is -0.000000172. The minimum Gasteiger partial charge on any atom is -0.392 e. The topological polar surface area (TPSA) is 70.8 Å². The Bertz CT molecular complexity index is 141. The highest BCUT2D eigenvalue weighted by molar-refractivity contribution is 6.18. The van der Waals surface area contributed by atoms with E-state index in [1.807, 2.05) is 7.05 Å². The minimum atomic E-state index is -0.213. The summed E-state index contributed by atoms with van der Waals surface area (Å²) >= 11 is 5.40. The zero-order valence-corrected chi connectivity index (χ0v) is 12.3. The first-order valence-corrected chi connectivity index (χ1v) is 6.71. The van der Waals surface area contributed by atoms with Gasteiger partial charge in [0.15, 0.2) is 0 Å². The fraction of sp³-hybridized carbons (Fsp3) is 1.00. The van der Waals surface area contributed by atoms with E-state index in [2.05, 4.69) is 18.0 Å². The molecular weight excluding hydrogens is 252 g/mol. The highest BCUT2D eigenvalue weighted by Crippen LogP contribution is 2.29. The van der Waals surface area contributed by atoms with Crippen molar-refractivity contribution in [2.24, 2.45) is 11.7 Å². The lowest BCUT2D eigenvalue weighted by Gasteiger charge is -1.97. The van der Waals surface area contributed by atoms with Gasteiger partial charge in [0.05, 0.1) is 18.8 Å². The smallest absolute Gasteiger partial charge is 0.0781 e. The number of epoxide rings is 1. The summed E-state index contributed by atoms with van der Waals surface area (Å²) in [6, 6.07) is 0. The zero-order chi connectivity index (χ0) is 13.7. The van der Waals surface area contributed by atoms with E-state index in [0.29, 0.717) is 12.6 Å². The third-order valence-corrected chi connectivity index (χ3v) is 2.35. The Morgan fingerprint density at radius 1 is 1.44 bits per heavy atom. The molecule has 114 valence electrons. The molecule has 2 atom stereocenters. The zero-order valence-electron chi connectivity index (χ0n) is 11.6. The average Bonchev–Trinajstić information content (AvgIpc) is 3.16. The van der Waals surface area contributed by atoms with Gasteiger partial charge in [0.2, 0.25) is 0 Å². The number of aliphatic hydroxyl groups is 1. The van der Waals surface area contributed by atoms with Crippen molar-refractivity contribution in [1.29, 1.82) is 0 Å². The fourth-order valence-corrected chi connectivity index (χ4v) is 0.972. The van der Waals surface area contributed by atoms with Gasteiger partial charge in [-0.2, -0.15) is 0 Å². The molecule has 1 saturated heterocycles. The third-order valence-electron chi connectivity index (χ3n) is 1.91. The van der Waals surface area contributed by atoms with E-state index in [9.17, 15) is 0 Å². The predicted molar refractivity (Wildman–Crippen MR) is 81.3 cm³/mol. The summed E-state index contributed by atoms with van der Waals surface area (Å²) < 4.78 is 4.71. The third kappa shape index (κ3) is 29.8. The van der Waals surface area contributed by atoms with E-state index in [1.54, 1.807) is 6.92 Å². The van der Waals surface area contributed by atoms with Gasteiger partial charge in [0, 0.05) is 12.4 Å². The monoisotopic (exact) mass is 284 g/mol. The second kappa shape index (κ2) is 17.1. The largest absolute Gasteiger partial charge is 0.392 e. The van der Waals surface area contributed by atoms with Crippen molar-refractivity contribution in [1.82, 2.24) is 5.32 Å². The molecule has 18 heavy (non-hydrogen) atoms. The van der Waals surface area contributed by atoms with E-state index in [1.165, 1.54) is 19.9 Å². The molecule has 2 rings (SSSR count). The molecule has 2 fully saturated rings. The number of likely N-dealkylation sites (N-methyl/N-ethyl adjacent to an activating group) is 1. The number of hydrogen-bond acceptors (Lipinski definition) is 4. The maximum absolute atomic E-state index is 8.49. The molecule has 2 unspecified atom stereocenters. The highest BCUT2D eigenvalue weighted by Gasteiger charge is 2.18. The van der Waals surface area contributed by atoms with Gasteiger partial charge < -0.3 is 20.9 Å². The lowest BCUT2D eigenvalue weighted by molar-refractivity contribution is 0.194. The lowest BCUT2D eigenvalue weighted by Crippen LogP contribution is -2.19. The molecule has 1 aliphatic heterocycles. The number of aliphatic hydroxyl groups excluding tert-OH is 1. The van der Waals surface area contributed by atoms with E-state index in [-0.39, 0.29) is 13.5 Å². The summed E-state index contributed by atoms with van der Waals surface area (Å²) in [6.45, 7) is 5.47. The number of hydrogen-bond donors (Lipinski definition) is 3. The van der Waals surface area contributed by atoms with Crippen LogP contribution in [0.25, 0.3) is 0 Å². The maximum Gasteiger partial charge on any atom is 0.0781 e. The van der Waals surface area contributed by atoms with Gasteiger partial charge in [0.1, 0.15) is 0 Å². The van der Waals surface area contributed by atoms with Crippen molar-refractivity contribution < 1.29 is 9.84 Å². The van der Waals surface area contributed by atoms with Gasteiger partial charge in [-0.05, 0) is 46.7 Å². The molecule has 0 radical (unpaired) electrons. The van der Waals surface area contributed by atoms with Crippen molar-refractivity contribution in [3.63, 3.8) is 0 Å². The molecule has 0 aromatic carbocycles. The van der Waals surface area contributed by atoms with Crippen LogP contribution in [0, 0.1) is 5.92 Å². The predicted octanol–water partition coefficient (Wildman–Crippen LogP) is 1.84. The normalized spacial score (nSPS) is 20.5. The Labute approximate surface area is 118 Å². The van der Waals surface area contributed by atoms with Crippen LogP contribution in [0.5, 0.6) is 0 Å². The van der Waals surface area contributed by atoms with Gasteiger partial charge in [-0.3, -0.25) is 0 Å². The molecule has 1 saturated carbocycles. The van der Waals surface area contributed by atoms with Gasteiger partial charge in [-0.1, -0.05) is 7.43 Å². The molecule has 4 N–H and O–H groups in total. The molecule has 1 heterocycles. The molecule has 4 nitrogen and oxygen atoms in total. The van der Waals surface area contributed by atoms with Crippen molar-refractivity contribution >= 4 is 11.6 Å². The summed E-state index contributed by atoms with van der Waals surface area (Å²) in [5.74, 6) is 1.79. The van der Waals surface area contributed by atoms with Crippen LogP contribution in [0.2, 0.25) is 0 Å². The van der Waals surface area contributed by atoms with Crippen molar-refractivity contribution in [3.8, 4) is 0 Å². The second-order valence-corrected chi connectivity index (χ2v) is 4.46. The van der Waals surface area contributed by atoms with Crippen LogP contribution in [0.3, 0.4) is 0 Å². The first-order chi connectivity index (χ1) is 8.10. The van der Waals surface area contributed by atoms with Crippen molar-refractivity contribution in [3.05, 3.63) is 0 Å². The lowest BCUT2D eigenvalue weighted by atomic mass is 10.4. The first-order valence-electron chi connectivity index (χ1n) is 6.18. The summed E-state index contributed by atoms with van der Waals surface area (Å²) in [5, 5.41) is 11.3. The van der Waals surface area contributed by atoms with E-state index >= 15 is 0 Å². The molecule has 0 bridgehead atoms. The van der Waals surface area contributed by atoms with Crippen molar-refractivity contribution in [2.75, 3.05) is 33.1 Å². The molecule has 0 aromatic rings. The molecule has 2 aliphatic rings. The maximum atomic E-state index is 8.49. The molecular formula is C13H33ClN2O2. The van der Waals surface area contributed by atoms with Crippen molar-refractivity contribution in [2.45, 2.75) is 46.3 Å². The Hall–Kier alpha value is 0.130. The Morgan fingerprint density at radius 2 is 1.83 bits per heavy atom. The Kier molecular flexibility index (Phi) is 22.1. The van der Waals surface area contributed by atoms with Crippen LogP contribution >= 0.6 is 11.6 Å². The SMILES string of the molecule is C.CC1CO1.CN.CNCC(C)O.ClCC1CC1. The molecule has 0 aromatic heterocycles. The van der Waals surface area contributed by atoms with Gasteiger partial charge >= 0.3 is 0 Å².